The number of hydrogen-bond donors (Lipinski definition) is 2. The van der Waals surface area contributed by atoms with Gasteiger partial charge in [-0.3, -0.25) is 0 Å². The smallest absolute Gasteiger partial charge is 0.169 e. The van der Waals surface area contributed by atoms with Crippen molar-refractivity contribution in [1.82, 2.24) is 5.32 Å². The summed E-state index contributed by atoms with van der Waals surface area (Å²) in [5.41, 5.74) is 1.26. The summed E-state index contributed by atoms with van der Waals surface area (Å²) in [4.78, 5) is 0. The molecule has 20 heavy (non-hydrogen) atoms. The van der Waals surface area contributed by atoms with E-state index in [9.17, 15) is 5.11 Å². The summed E-state index contributed by atoms with van der Waals surface area (Å²) in [7, 11) is 0. The van der Waals surface area contributed by atoms with Crippen molar-refractivity contribution in [2.75, 3.05) is 26.3 Å². The summed E-state index contributed by atoms with van der Waals surface area (Å²) < 4.78 is 10.9. The van der Waals surface area contributed by atoms with Crippen LogP contribution in [0.3, 0.4) is 0 Å². The molecule has 0 aromatic heterocycles. The van der Waals surface area contributed by atoms with Gasteiger partial charge in [-0.25, -0.2) is 0 Å². The molecule has 114 valence electrons. The summed E-state index contributed by atoms with van der Waals surface area (Å²) in [5, 5.41) is 13.1. The molecular formula is C16H27NO3. The molecule has 0 spiro atoms. The van der Waals surface area contributed by atoms with Crippen LogP contribution in [0.25, 0.3) is 0 Å². The van der Waals surface area contributed by atoms with Gasteiger partial charge < -0.3 is 19.9 Å². The third-order valence-electron chi connectivity index (χ3n) is 3.01. The molecule has 1 rings (SSSR count). The highest BCUT2D eigenvalue weighted by Gasteiger charge is 2.09. The SMILES string of the molecule is CCOC(CNCC(O)CCc1ccccc1)OCC. The van der Waals surface area contributed by atoms with Gasteiger partial charge in [-0.2, -0.15) is 0 Å². The summed E-state index contributed by atoms with van der Waals surface area (Å²) in [6, 6.07) is 10.2. The van der Waals surface area contributed by atoms with Gasteiger partial charge in [0.1, 0.15) is 0 Å². The van der Waals surface area contributed by atoms with Crippen LogP contribution >= 0.6 is 0 Å². The predicted octanol–water partition coefficient (Wildman–Crippen LogP) is 1.97. The predicted molar refractivity (Wildman–Crippen MR) is 80.7 cm³/mol. The topological polar surface area (TPSA) is 50.7 Å². The first-order chi connectivity index (χ1) is 9.76. The summed E-state index contributed by atoms with van der Waals surface area (Å²) >= 11 is 0. The van der Waals surface area contributed by atoms with Crippen molar-refractivity contribution in [3.8, 4) is 0 Å². The Hall–Kier alpha value is -0.940. The van der Waals surface area contributed by atoms with Crippen molar-refractivity contribution in [1.29, 1.82) is 0 Å². The van der Waals surface area contributed by atoms with Gasteiger partial charge in [0.25, 0.3) is 0 Å². The lowest BCUT2D eigenvalue weighted by atomic mass is 10.1. The Kier molecular flexibility index (Phi) is 9.24. The van der Waals surface area contributed by atoms with Crippen LogP contribution in [0.4, 0.5) is 0 Å². The van der Waals surface area contributed by atoms with Gasteiger partial charge in [-0.05, 0) is 32.3 Å². The first-order valence-electron chi connectivity index (χ1n) is 7.42. The fraction of sp³-hybridized carbons (Fsp3) is 0.625. The average Bonchev–Trinajstić information content (AvgIpc) is 2.47. The van der Waals surface area contributed by atoms with Crippen LogP contribution in [-0.4, -0.2) is 43.8 Å². The molecule has 0 fully saturated rings. The highest BCUT2D eigenvalue weighted by Crippen LogP contribution is 2.04. The Bertz CT molecular complexity index is 326. The van der Waals surface area contributed by atoms with E-state index in [2.05, 4.69) is 17.4 Å². The van der Waals surface area contributed by atoms with Gasteiger partial charge in [-0.15, -0.1) is 0 Å². The van der Waals surface area contributed by atoms with Crippen LogP contribution < -0.4 is 5.32 Å². The van der Waals surface area contributed by atoms with Crippen LogP contribution in [0.2, 0.25) is 0 Å². The molecule has 4 heteroatoms. The first-order valence-corrected chi connectivity index (χ1v) is 7.42. The van der Waals surface area contributed by atoms with E-state index >= 15 is 0 Å². The average molecular weight is 281 g/mol. The zero-order chi connectivity index (χ0) is 14.6. The van der Waals surface area contributed by atoms with Crippen LogP contribution in [0, 0.1) is 0 Å². The number of ether oxygens (including phenoxy) is 2. The van der Waals surface area contributed by atoms with Gasteiger partial charge in [0.15, 0.2) is 6.29 Å². The molecule has 4 nitrogen and oxygen atoms in total. The fourth-order valence-corrected chi connectivity index (χ4v) is 1.99. The maximum Gasteiger partial charge on any atom is 0.169 e. The number of benzene rings is 1. The number of rotatable bonds is 11. The highest BCUT2D eigenvalue weighted by atomic mass is 16.7. The molecule has 0 bridgehead atoms. The molecule has 1 aromatic carbocycles. The van der Waals surface area contributed by atoms with Crippen LogP contribution in [0.5, 0.6) is 0 Å². The molecule has 0 aliphatic carbocycles. The van der Waals surface area contributed by atoms with Gasteiger partial charge in [-0.1, -0.05) is 30.3 Å². The Balaban J connectivity index is 2.14. The largest absolute Gasteiger partial charge is 0.392 e. The molecule has 1 unspecified atom stereocenters. The molecule has 0 heterocycles. The van der Waals surface area contributed by atoms with Crippen molar-refractivity contribution in [2.24, 2.45) is 0 Å². The highest BCUT2D eigenvalue weighted by molar-refractivity contribution is 5.14. The molecule has 0 saturated heterocycles. The van der Waals surface area contributed by atoms with Gasteiger partial charge in [0, 0.05) is 26.3 Å². The lowest BCUT2D eigenvalue weighted by Crippen LogP contribution is -2.36. The van der Waals surface area contributed by atoms with Gasteiger partial charge >= 0.3 is 0 Å². The zero-order valence-electron chi connectivity index (χ0n) is 12.5. The summed E-state index contributed by atoms with van der Waals surface area (Å²) in [6.07, 6.45) is 1.07. The van der Waals surface area contributed by atoms with E-state index in [1.165, 1.54) is 5.56 Å². The van der Waals surface area contributed by atoms with E-state index in [-0.39, 0.29) is 12.4 Å². The third-order valence-corrected chi connectivity index (χ3v) is 3.01. The fourth-order valence-electron chi connectivity index (χ4n) is 1.99. The normalized spacial score (nSPS) is 12.8. The Labute approximate surface area is 122 Å². The lowest BCUT2D eigenvalue weighted by Gasteiger charge is -2.18. The van der Waals surface area contributed by atoms with Crippen molar-refractivity contribution in [2.45, 2.75) is 39.1 Å². The molecule has 0 saturated carbocycles. The Morgan fingerprint density at radius 3 is 2.30 bits per heavy atom. The van der Waals surface area contributed by atoms with Crippen molar-refractivity contribution in [3.05, 3.63) is 35.9 Å². The standard InChI is InChI=1S/C16H27NO3/c1-3-19-16(20-4-2)13-17-12-15(18)11-10-14-8-6-5-7-9-14/h5-9,15-18H,3-4,10-13H2,1-2H3. The molecule has 0 radical (unpaired) electrons. The van der Waals surface area contributed by atoms with E-state index in [4.69, 9.17) is 9.47 Å². The molecule has 1 aromatic rings. The zero-order valence-corrected chi connectivity index (χ0v) is 12.5. The lowest BCUT2D eigenvalue weighted by molar-refractivity contribution is -0.133. The van der Waals surface area contributed by atoms with E-state index in [1.807, 2.05) is 32.0 Å². The van der Waals surface area contributed by atoms with E-state index < -0.39 is 0 Å². The van der Waals surface area contributed by atoms with Crippen molar-refractivity contribution in [3.63, 3.8) is 0 Å². The van der Waals surface area contributed by atoms with E-state index in [1.54, 1.807) is 0 Å². The number of nitrogens with one attached hydrogen (secondary N) is 1. The summed E-state index contributed by atoms with van der Waals surface area (Å²) in [5.74, 6) is 0. The summed E-state index contributed by atoms with van der Waals surface area (Å²) in [6.45, 7) is 6.31. The molecule has 0 aliphatic rings. The molecular weight excluding hydrogens is 254 g/mol. The number of aryl methyl sites for hydroxylation is 1. The second-order valence-electron chi connectivity index (χ2n) is 4.68. The third kappa shape index (κ3) is 7.60. The van der Waals surface area contributed by atoms with Crippen molar-refractivity contribution >= 4 is 0 Å². The first kappa shape index (κ1) is 17.1. The molecule has 1 atom stereocenters. The quantitative estimate of drug-likeness (QED) is 0.609. The van der Waals surface area contributed by atoms with Crippen LogP contribution in [-0.2, 0) is 15.9 Å². The number of aliphatic hydroxyl groups excluding tert-OH is 1. The number of hydrogen-bond acceptors (Lipinski definition) is 4. The monoisotopic (exact) mass is 281 g/mol. The van der Waals surface area contributed by atoms with Crippen LogP contribution in [0.15, 0.2) is 30.3 Å². The second kappa shape index (κ2) is 10.8. The maximum atomic E-state index is 9.94. The van der Waals surface area contributed by atoms with E-state index in [0.29, 0.717) is 26.3 Å². The minimum atomic E-state index is -0.348. The van der Waals surface area contributed by atoms with E-state index in [0.717, 1.165) is 12.8 Å². The number of aliphatic hydroxyl groups is 1. The van der Waals surface area contributed by atoms with Crippen molar-refractivity contribution < 1.29 is 14.6 Å². The molecule has 0 amide bonds. The van der Waals surface area contributed by atoms with Gasteiger partial charge in [0.2, 0.25) is 0 Å². The molecule has 0 aliphatic heterocycles. The van der Waals surface area contributed by atoms with Gasteiger partial charge in [0.05, 0.1) is 6.10 Å². The maximum absolute atomic E-state index is 9.94. The van der Waals surface area contributed by atoms with Crippen LogP contribution in [0.1, 0.15) is 25.8 Å². The Morgan fingerprint density at radius 1 is 1.05 bits per heavy atom. The minimum Gasteiger partial charge on any atom is -0.392 e. The second-order valence-corrected chi connectivity index (χ2v) is 4.68. The Morgan fingerprint density at radius 2 is 1.70 bits per heavy atom. The minimum absolute atomic E-state index is 0.230. The molecule has 2 N–H and O–H groups in total.